The van der Waals surface area contributed by atoms with Crippen LogP contribution in [0.4, 0.5) is 5.82 Å². The minimum absolute atomic E-state index is 0.0435. The van der Waals surface area contributed by atoms with Crippen LogP contribution in [0, 0.1) is 0 Å². The van der Waals surface area contributed by atoms with Crippen molar-refractivity contribution in [3.05, 3.63) is 84.4 Å². The van der Waals surface area contributed by atoms with E-state index in [0.29, 0.717) is 17.0 Å². The molecule has 176 valence electrons. The standard InChI is InChI=1S/C25H27N5O4/c31-13-19-21(32)22(33)25(34-19)30-15-28-20-23(26-14-27-24(20)30)29-18(11-16-7-3-1-4-8-16)12-17-9-5-2-6-10-17/h1-10,14-15,18-19,21-22,25,31-33H,11-13H2,(H,26,27,29). The Hall–Kier alpha value is -3.37. The second-order valence-corrected chi connectivity index (χ2v) is 8.50. The molecule has 9 nitrogen and oxygen atoms in total. The fourth-order valence-corrected chi connectivity index (χ4v) is 4.42. The molecule has 1 aliphatic heterocycles. The van der Waals surface area contributed by atoms with Crippen LogP contribution in [0.25, 0.3) is 11.2 Å². The van der Waals surface area contributed by atoms with E-state index in [1.807, 2.05) is 36.4 Å². The van der Waals surface area contributed by atoms with Gasteiger partial charge in [-0.3, -0.25) is 4.57 Å². The molecule has 2 aromatic carbocycles. The number of ether oxygens (including phenoxy) is 1. The van der Waals surface area contributed by atoms with Gasteiger partial charge in [0.05, 0.1) is 12.9 Å². The molecule has 2 aromatic heterocycles. The van der Waals surface area contributed by atoms with Crippen molar-refractivity contribution in [1.82, 2.24) is 19.5 Å². The number of benzene rings is 2. The number of aliphatic hydroxyl groups excluding tert-OH is 3. The molecule has 4 aromatic rings. The summed E-state index contributed by atoms with van der Waals surface area (Å²) in [5.41, 5.74) is 3.41. The Balaban J connectivity index is 1.44. The molecule has 0 bridgehead atoms. The lowest BCUT2D eigenvalue weighted by atomic mass is 9.99. The van der Waals surface area contributed by atoms with E-state index in [1.165, 1.54) is 23.8 Å². The zero-order valence-corrected chi connectivity index (χ0v) is 18.5. The van der Waals surface area contributed by atoms with Gasteiger partial charge in [-0.05, 0) is 24.0 Å². The van der Waals surface area contributed by atoms with Crippen molar-refractivity contribution in [3.63, 3.8) is 0 Å². The molecule has 0 radical (unpaired) electrons. The number of nitrogens with zero attached hydrogens (tertiary/aromatic N) is 4. The number of aromatic nitrogens is 4. The first-order chi connectivity index (χ1) is 16.6. The summed E-state index contributed by atoms with van der Waals surface area (Å²) in [6.07, 6.45) is 0.314. The molecule has 4 atom stereocenters. The van der Waals surface area contributed by atoms with Crippen molar-refractivity contribution in [3.8, 4) is 0 Å². The van der Waals surface area contributed by atoms with Gasteiger partial charge in [0, 0.05) is 6.04 Å². The number of rotatable bonds is 8. The van der Waals surface area contributed by atoms with E-state index in [9.17, 15) is 15.3 Å². The van der Waals surface area contributed by atoms with Crippen molar-refractivity contribution in [1.29, 1.82) is 0 Å². The Bertz CT molecular complexity index is 1180. The third-order valence-corrected chi connectivity index (χ3v) is 6.14. The fourth-order valence-electron chi connectivity index (χ4n) is 4.42. The summed E-state index contributed by atoms with van der Waals surface area (Å²) >= 11 is 0. The number of fused-ring (bicyclic) bond motifs is 1. The summed E-state index contributed by atoms with van der Waals surface area (Å²) in [5.74, 6) is 0.576. The maximum absolute atomic E-state index is 10.4. The topological polar surface area (TPSA) is 126 Å². The van der Waals surface area contributed by atoms with Gasteiger partial charge in [0.2, 0.25) is 0 Å². The Morgan fingerprint density at radius 1 is 0.882 bits per heavy atom. The van der Waals surface area contributed by atoms with Crippen molar-refractivity contribution < 1.29 is 20.1 Å². The molecule has 0 aliphatic carbocycles. The molecule has 1 aliphatic rings. The van der Waals surface area contributed by atoms with E-state index in [2.05, 4.69) is 44.5 Å². The molecule has 9 heteroatoms. The molecule has 0 saturated carbocycles. The normalized spacial score (nSPS) is 22.5. The second-order valence-electron chi connectivity index (χ2n) is 8.50. The molecule has 1 fully saturated rings. The van der Waals surface area contributed by atoms with E-state index in [0.717, 1.165) is 12.8 Å². The maximum Gasteiger partial charge on any atom is 0.167 e. The molecular weight excluding hydrogens is 434 g/mol. The van der Waals surface area contributed by atoms with Crippen molar-refractivity contribution >= 4 is 17.0 Å². The summed E-state index contributed by atoms with van der Waals surface area (Å²) in [7, 11) is 0. The Labute approximate surface area is 196 Å². The van der Waals surface area contributed by atoms with Crippen LogP contribution in [-0.2, 0) is 17.6 Å². The highest BCUT2D eigenvalue weighted by molar-refractivity contribution is 5.82. The summed E-state index contributed by atoms with van der Waals surface area (Å²) in [4.78, 5) is 13.3. The summed E-state index contributed by atoms with van der Waals surface area (Å²) < 4.78 is 7.22. The number of hydrogen-bond donors (Lipinski definition) is 4. The zero-order valence-electron chi connectivity index (χ0n) is 18.5. The van der Waals surface area contributed by atoms with Gasteiger partial charge in [0.15, 0.2) is 23.2 Å². The highest BCUT2D eigenvalue weighted by Gasteiger charge is 2.44. The van der Waals surface area contributed by atoms with Crippen LogP contribution in [0.1, 0.15) is 17.4 Å². The lowest BCUT2D eigenvalue weighted by Gasteiger charge is -2.20. The summed E-state index contributed by atoms with van der Waals surface area (Å²) in [5, 5.41) is 33.5. The lowest BCUT2D eigenvalue weighted by Crippen LogP contribution is -2.33. The number of aliphatic hydroxyl groups is 3. The monoisotopic (exact) mass is 461 g/mol. The average Bonchev–Trinajstić information content (AvgIpc) is 3.42. The van der Waals surface area contributed by atoms with E-state index in [4.69, 9.17) is 4.74 Å². The maximum atomic E-state index is 10.4. The Morgan fingerprint density at radius 2 is 1.53 bits per heavy atom. The predicted octanol–water partition coefficient (Wildman–Crippen LogP) is 1.70. The van der Waals surface area contributed by atoms with Crippen molar-refractivity contribution in [2.24, 2.45) is 0 Å². The SMILES string of the molecule is OCC1OC(n2cnc3c(NC(Cc4ccccc4)Cc4ccccc4)ncnc32)C(O)C1O. The molecular formula is C25H27N5O4. The molecule has 5 rings (SSSR count). The van der Waals surface area contributed by atoms with Gasteiger partial charge in [-0.25, -0.2) is 15.0 Å². The van der Waals surface area contributed by atoms with Crippen LogP contribution < -0.4 is 5.32 Å². The molecule has 0 amide bonds. The first-order valence-corrected chi connectivity index (χ1v) is 11.3. The molecule has 1 saturated heterocycles. The van der Waals surface area contributed by atoms with Gasteiger partial charge < -0.3 is 25.4 Å². The number of anilines is 1. The van der Waals surface area contributed by atoms with Gasteiger partial charge in [-0.15, -0.1) is 0 Å². The molecule has 3 heterocycles. The number of hydrogen-bond acceptors (Lipinski definition) is 8. The third-order valence-electron chi connectivity index (χ3n) is 6.14. The van der Waals surface area contributed by atoms with Gasteiger partial charge in [-0.2, -0.15) is 0 Å². The van der Waals surface area contributed by atoms with Gasteiger partial charge in [-0.1, -0.05) is 60.7 Å². The van der Waals surface area contributed by atoms with E-state index in [-0.39, 0.29) is 6.04 Å². The van der Waals surface area contributed by atoms with Crippen LogP contribution >= 0.6 is 0 Å². The molecule has 4 N–H and O–H groups in total. The Morgan fingerprint density at radius 3 is 2.12 bits per heavy atom. The number of imidazole rings is 1. The lowest BCUT2D eigenvalue weighted by molar-refractivity contribution is -0.0511. The predicted molar refractivity (Wildman–Crippen MR) is 126 cm³/mol. The molecule has 34 heavy (non-hydrogen) atoms. The van der Waals surface area contributed by atoms with Gasteiger partial charge in [0.25, 0.3) is 0 Å². The highest BCUT2D eigenvalue weighted by atomic mass is 16.6. The van der Waals surface area contributed by atoms with Gasteiger partial charge in [0.1, 0.15) is 24.6 Å². The highest BCUT2D eigenvalue weighted by Crippen LogP contribution is 2.32. The minimum atomic E-state index is -1.22. The quantitative estimate of drug-likeness (QED) is 0.313. The smallest absolute Gasteiger partial charge is 0.167 e. The summed E-state index contributed by atoms with van der Waals surface area (Å²) in [6, 6.07) is 20.6. The first kappa shape index (κ1) is 22.4. The first-order valence-electron chi connectivity index (χ1n) is 11.3. The van der Waals surface area contributed by atoms with Crippen LogP contribution in [0.15, 0.2) is 73.3 Å². The van der Waals surface area contributed by atoms with Crippen LogP contribution in [0.2, 0.25) is 0 Å². The van der Waals surface area contributed by atoms with Gasteiger partial charge >= 0.3 is 0 Å². The third kappa shape index (κ3) is 4.51. The van der Waals surface area contributed by atoms with E-state index in [1.54, 1.807) is 4.57 Å². The number of nitrogens with one attached hydrogen (secondary N) is 1. The largest absolute Gasteiger partial charge is 0.394 e. The molecule has 4 unspecified atom stereocenters. The fraction of sp³-hybridized carbons (Fsp3) is 0.320. The molecule has 0 spiro atoms. The average molecular weight is 462 g/mol. The van der Waals surface area contributed by atoms with Crippen molar-refractivity contribution in [2.75, 3.05) is 11.9 Å². The zero-order chi connectivity index (χ0) is 23.5. The van der Waals surface area contributed by atoms with Crippen LogP contribution in [0.3, 0.4) is 0 Å². The van der Waals surface area contributed by atoms with E-state index < -0.39 is 31.1 Å². The Kier molecular flexibility index (Phi) is 6.50. The summed E-state index contributed by atoms with van der Waals surface area (Å²) in [6.45, 7) is -0.399. The van der Waals surface area contributed by atoms with E-state index >= 15 is 0 Å². The van der Waals surface area contributed by atoms with Crippen LogP contribution in [0.5, 0.6) is 0 Å². The second kappa shape index (κ2) is 9.86. The minimum Gasteiger partial charge on any atom is -0.394 e. The van der Waals surface area contributed by atoms with Crippen LogP contribution in [-0.4, -0.2) is 65.8 Å². The van der Waals surface area contributed by atoms with Crippen molar-refractivity contribution in [2.45, 2.75) is 43.4 Å².